The summed E-state index contributed by atoms with van der Waals surface area (Å²) in [6.45, 7) is 3.71. The summed E-state index contributed by atoms with van der Waals surface area (Å²) in [6, 6.07) is 11.0. The maximum atomic E-state index is 12.6. The van der Waals surface area contributed by atoms with Crippen molar-refractivity contribution in [2.24, 2.45) is 0 Å². The molecule has 0 aliphatic rings. The summed E-state index contributed by atoms with van der Waals surface area (Å²) in [5, 5.41) is 8.95. The normalized spacial score (nSPS) is 10.6. The van der Waals surface area contributed by atoms with Gasteiger partial charge < -0.3 is 20.4 Å². The number of carbonyl (C=O) groups is 3. The fourth-order valence-corrected chi connectivity index (χ4v) is 3.36. The number of anilines is 2. The van der Waals surface area contributed by atoms with E-state index in [2.05, 4.69) is 16.0 Å². The lowest BCUT2D eigenvalue weighted by Crippen LogP contribution is -2.30. The van der Waals surface area contributed by atoms with Gasteiger partial charge in [0.25, 0.3) is 17.7 Å². The van der Waals surface area contributed by atoms with Crippen molar-refractivity contribution in [2.45, 2.75) is 19.9 Å². The van der Waals surface area contributed by atoms with E-state index in [9.17, 15) is 14.4 Å². The van der Waals surface area contributed by atoms with Gasteiger partial charge in [0.1, 0.15) is 0 Å². The first-order valence-electron chi connectivity index (χ1n) is 8.70. The van der Waals surface area contributed by atoms with E-state index in [1.807, 2.05) is 13.8 Å². The lowest BCUT2D eigenvalue weighted by atomic mass is 10.1. The van der Waals surface area contributed by atoms with Crippen molar-refractivity contribution in [1.82, 2.24) is 5.32 Å². The second kappa shape index (κ2) is 8.93. The molecule has 0 fully saturated rings. The molecular formula is C20H18ClN3O4S. The Bertz CT molecular complexity index is 1040. The molecule has 0 radical (unpaired) electrons. The van der Waals surface area contributed by atoms with Gasteiger partial charge in [-0.25, -0.2) is 0 Å². The molecular weight excluding hydrogens is 414 g/mol. The maximum Gasteiger partial charge on any atom is 0.291 e. The Morgan fingerprint density at radius 3 is 2.48 bits per heavy atom. The van der Waals surface area contributed by atoms with Crippen molar-refractivity contribution in [1.29, 1.82) is 0 Å². The number of rotatable bonds is 6. The third kappa shape index (κ3) is 5.24. The zero-order valence-electron chi connectivity index (χ0n) is 15.6. The van der Waals surface area contributed by atoms with Crippen LogP contribution in [0.15, 0.2) is 53.1 Å². The van der Waals surface area contributed by atoms with E-state index < -0.39 is 11.8 Å². The Labute approximate surface area is 176 Å². The van der Waals surface area contributed by atoms with Gasteiger partial charge >= 0.3 is 0 Å². The Balaban J connectivity index is 1.70. The Kier molecular flexibility index (Phi) is 6.36. The van der Waals surface area contributed by atoms with Crippen LogP contribution in [0.1, 0.15) is 44.4 Å². The number of amides is 3. The standard InChI is InChI=1S/C20H18ClN3O4S/c1-11(2)22-18(25)12-5-6-13(21)14(10-12)23-20(27)16-7-8-17(29-16)24-19(26)15-4-3-9-28-15/h3-11H,1-2H3,(H,22,25)(H,23,27)(H,24,26). The highest BCUT2D eigenvalue weighted by Crippen LogP contribution is 2.27. The van der Waals surface area contributed by atoms with Gasteiger partial charge in [0.05, 0.1) is 26.9 Å². The molecule has 0 bridgehead atoms. The maximum absolute atomic E-state index is 12.6. The van der Waals surface area contributed by atoms with Gasteiger partial charge in [-0.3, -0.25) is 14.4 Å². The quantitative estimate of drug-likeness (QED) is 0.529. The number of hydrogen-bond acceptors (Lipinski definition) is 5. The lowest BCUT2D eigenvalue weighted by Gasteiger charge is -2.11. The van der Waals surface area contributed by atoms with Crippen molar-refractivity contribution in [3.8, 4) is 0 Å². The third-order valence-corrected chi connectivity index (χ3v) is 5.04. The van der Waals surface area contributed by atoms with E-state index in [-0.39, 0.29) is 17.7 Å². The number of benzene rings is 1. The van der Waals surface area contributed by atoms with Crippen LogP contribution in [0.25, 0.3) is 0 Å². The summed E-state index contributed by atoms with van der Waals surface area (Å²) in [7, 11) is 0. The number of nitrogens with one attached hydrogen (secondary N) is 3. The Morgan fingerprint density at radius 1 is 1.00 bits per heavy atom. The monoisotopic (exact) mass is 431 g/mol. The molecule has 3 rings (SSSR count). The summed E-state index contributed by atoms with van der Waals surface area (Å²) >= 11 is 7.26. The molecule has 2 aromatic heterocycles. The van der Waals surface area contributed by atoms with Crippen molar-refractivity contribution >= 4 is 51.3 Å². The highest BCUT2D eigenvalue weighted by atomic mass is 35.5. The summed E-state index contributed by atoms with van der Waals surface area (Å²) in [6.07, 6.45) is 1.40. The van der Waals surface area contributed by atoms with Crippen LogP contribution in [0, 0.1) is 0 Å². The van der Waals surface area contributed by atoms with Crippen LogP contribution >= 0.6 is 22.9 Å². The molecule has 0 unspecified atom stereocenters. The molecule has 29 heavy (non-hydrogen) atoms. The average Bonchev–Trinajstić information content (AvgIpc) is 3.34. The average molecular weight is 432 g/mol. The zero-order chi connectivity index (χ0) is 21.0. The van der Waals surface area contributed by atoms with Gasteiger partial charge in [-0.1, -0.05) is 11.6 Å². The minimum atomic E-state index is -0.407. The summed E-state index contributed by atoms with van der Waals surface area (Å²) < 4.78 is 5.03. The van der Waals surface area contributed by atoms with E-state index in [0.717, 1.165) is 11.3 Å². The van der Waals surface area contributed by atoms with Crippen molar-refractivity contribution < 1.29 is 18.8 Å². The van der Waals surface area contributed by atoms with Gasteiger partial charge in [-0.05, 0) is 56.3 Å². The smallest absolute Gasteiger partial charge is 0.291 e. The first kappa shape index (κ1) is 20.6. The topological polar surface area (TPSA) is 100 Å². The van der Waals surface area contributed by atoms with Gasteiger partial charge in [0, 0.05) is 11.6 Å². The van der Waals surface area contributed by atoms with Gasteiger partial charge in [0.15, 0.2) is 5.76 Å². The first-order valence-corrected chi connectivity index (χ1v) is 9.89. The molecule has 0 spiro atoms. The van der Waals surface area contributed by atoms with Crippen LogP contribution in [0.3, 0.4) is 0 Å². The van der Waals surface area contributed by atoms with E-state index in [4.69, 9.17) is 16.0 Å². The predicted octanol–water partition coefficient (Wildman–Crippen LogP) is 4.64. The molecule has 9 heteroatoms. The summed E-state index contributed by atoms with van der Waals surface area (Å²) in [4.78, 5) is 37.1. The molecule has 0 aliphatic carbocycles. The lowest BCUT2D eigenvalue weighted by molar-refractivity contribution is 0.0941. The number of hydrogen-bond donors (Lipinski definition) is 3. The molecule has 3 aromatic rings. The van der Waals surface area contributed by atoms with Crippen LogP contribution in [0.4, 0.5) is 10.7 Å². The number of furan rings is 1. The Morgan fingerprint density at radius 2 is 1.79 bits per heavy atom. The first-order chi connectivity index (χ1) is 13.8. The number of halogens is 1. The predicted molar refractivity (Wildman–Crippen MR) is 113 cm³/mol. The second-order valence-corrected chi connectivity index (χ2v) is 7.86. The van der Waals surface area contributed by atoms with Crippen LogP contribution in [-0.4, -0.2) is 23.8 Å². The van der Waals surface area contributed by atoms with Gasteiger partial charge in [-0.15, -0.1) is 11.3 Å². The molecule has 7 nitrogen and oxygen atoms in total. The highest BCUT2D eigenvalue weighted by Gasteiger charge is 2.16. The van der Waals surface area contributed by atoms with E-state index in [1.54, 1.807) is 36.4 Å². The van der Waals surface area contributed by atoms with Gasteiger partial charge in [-0.2, -0.15) is 0 Å². The van der Waals surface area contributed by atoms with E-state index in [1.165, 1.54) is 12.3 Å². The van der Waals surface area contributed by atoms with Crippen LogP contribution in [0.5, 0.6) is 0 Å². The van der Waals surface area contributed by atoms with E-state index in [0.29, 0.717) is 26.2 Å². The largest absolute Gasteiger partial charge is 0.459 e. The highest BCUT2D eigenvalue weighted by molar-refractivity contribution is 7.18. The summed E-state index contributed by atoms with van der Waals surface area (Å²) in [5.41, 5.74) is 0.707. The molecule has 1 aromatic carbocycles. The minimum Gasteiger partial charge on any atom is -0.459 e. The van der Waals surface area contributed by atoms with E-state index >= 15 is 0 Å². The van der Waals surface area contributed by atoms with Crippen LogP contribution < -0.4 is 16.0 Å². The van der Waals surface area contributed by atoms with Gasteiger partial charge in [0.2, 0.25) is 0 Å². The molecule has 0 saturated heterocycles. The number of carbonyl (C=O) groups excluding carboxylic acids is 3. The minimum absolute atomic E-state index is 0.0165. The molecule has 150 valence electrons. The molecule has 0 atom stereocenters. The number of thiophene rings is 1. The molecule has 0 saturated carbocycles. The Hall–Kier alpha value is -3.10. The van der Waals surface area contributed by atoms with Crippen molar-refractivity contribution in [2.75, 3.05) is 10.6 Å². The fraction of sp³-hybridized carbons (Fsp3) is 0.150. The van der Waals surface area contributed by atoms with Crippen molar-refractivity contribution in [3.63, 3.8) is 0 Å². The molecule has 3 amide bonds. The van der Waals surface area contributed by atoms with Crippen molar-refractivity contribution in [3.05, 3.63) is 70.0 Å². The molecule has 3 N–H and O–H groups in total. The third-order valence-electron chi connectivity index (χ3n) is 3.71. The second-order valence-electron chi connectivity index (χ2n) is 6.37. The zero-order valence-corrected chi connectivity index (χ0v) is 17.2. The summed E-state index contributed by atoms with van der Waals surface area (Å²) in [5.74, 6) is -0.897. The molecule has 2 heterocycles. The van der Waals surface area contributed by atoms with Crippen LogP contribution in [-0.2, 0) is 0 Å². The SMILES string of the molecule is CC(C)NC(=O)c1ccc(Cl)c(NC(=O)c2ccc(NC(=O)c3ccco3)s2)c1. The fourth-order valence-electron chi connectivity index (χ4n) is 2.40. The van der Waals surface area contributed by atoms with Crippen LogP contribution in [0.2, 0.25) is 5.02 Å². The molecule has 0 aliphatic heterocycles.